The maximum Gasteiger partial charge on any atom is 0.178 e. The monoisotopic (exact) mass is 395 g/mol. The van der Waals surface area contributed by atoms with Crippen molar-refractivity contribution in [3.05, 3.63) is 91.0 Å². The molecule has 0 saturated heterocycles. The smallest absolute Gasteiger partial charge is 0.178 e. The highest BCUT2D eigenvalue weighted by molar-refractivity contribution is 7.94. The Hall–Kier alpha value is -1.99. The van der Waals surface area contributed by atoms with Crippen molar-refractivity contribution in [1.29, 1.82) is 0 Å². The van der Waals surface area contributed by atoms with Gasteiger partial charge in [0.1, 0.15) is 15.9 Å². The standard InChI is InChI=1S/C21H24N2P.2C2H6/c22-17-10-18-23-24(19-11-4-1-5-12-19,20-13-6-2-7-14-20)21-15-8-3-9-16-21;2*1-2/h1-9,11-16,23H,10,17-18,22H2;2*1-2H3/q+1;;. The normalized spacial score (nSPS) is 10.2. The number of hydrogen-bond donors (Lipinski definition) is 2. The van der Waals surface area contributed by atoms with Gasteiger partial charge in [-0.1, -0.05) is 82.3 Å². The Balaban J connectivity index is 0.000000921. The van der Waals surface area contributed by atoms with E-state index >= 15 is 0 Å². The van der Waals surface area contributed by atoms with Crippen LogP contribution in [0.15, 0.2) is 91.0 Å². The molecule has 0 aromatic heterocycles. The molecule has 3 aromatic carbocycles. The molecule has 2 nitrogen and oxygen atoms in total. The lowest BCUT2D eigenvalue weighted by atomic mass is 10.4. The van der Waals surface area contributed by atoms with Crippen LogP contribution >= 0.6 is 7.41 Å². The molecule has 3 N–H and O–H groups in total. The molecular formula is C25H36N2P+. The fraction of sp³-hybridized carbons (Fsp3) is 0.280. The summed E-state index contributed by atoms with van der Waals surface area (Å²) in [5.74, 6) is 0. The van der Waals surface area contributed by atoms with Crippen molar-refractivity contribution in [3.63, 3.8) is 0 Å². The first-order chi connectivity index (χ1) is 13.9. The third-order valence-corrected chi connectivity index (χ3v) is 8.08. The molecule has 0 aliphatic rings. The molecule has 0 radical (unpaired) electrons. The average molecular weight is 396 g/mol. The van der Waals surface area contributed by atoms with Crippen LogP contribution in [0.3, 0.4) is 0 Å². The summed E-state index contributed by atoms with van der Waals surface area (Å²) in [5, 5.41) is 7.95. The van der Waals surface area contributed by atoms with Gasteiger partial charge in [-0.15, -0.1) is 0 Å². The molecule has 3 aromatic rings. The second-order valence-corrected chi connectivity index (χ2v) is 8.93. The van der Waals surface area contributed by atoms with E-state index in [-0.39, 0.29) is 0 Å². The summed E-state index contributed by atoms with van der Waals surface area (Å²) < 4.78 is 0. The van der Waals surface area contributed by atoms with E-state index in [1.165, 1.54) is 15.9 Å². The number of hydrogen-bond acceptors (Lipinski definition) is 2. The van der Waals surface area contributed by atoms with Gasteiger partial charge in [0.25, 0.3) is 0 Å². The van der Waals surface area contributed by atoms with Crippen LogP contribution in [-0.4, -0.2) is 13.1 Å². The lowest BCUT2D eigenvalue weighted by molar-refractivity contribution is 0.803. The molecule has 150 valence electrons. The highest BCUT2D eigenvalue weighted by Gasteiger charge is 2.45. The fourth-order valence-electron chi connectivity index (χ4n) is 3.02. The van der Waals surface area contributed by atoms with Crippen molar-refractivity contribution in [2.75, 3.05) is 13.1 Å². The summed E-state index contributed by atoms with van der Waals surface area (Å²) in [4.78, 5) is 0. The molecule has 0 aliphatic carbocycles. The van der Waals surface area contributed by atoms with Crippen molar-refractivity contribution in [1.82, 2.24) is 5.09 Å². The van der Waals surface area contributed by atoms with Crippen LogP contribution in [0.2, 0.25) is 0 Å². The van der Waals surface area contributed by atoms with Crippen LogP contribution in [0.1, 0.15) is 34.1 Å². The molecule has 0 bridgehead atoms. The van der Waals surface area contributed by atoms with Gasteiger partial charge < -0.3 is 5.73 Å². The third-order valence-electron chi connectivity index (χ3n) is 4.16. The van der Waals surface area contributed by atoms with Gasteiger partial charge in [-0.05, 0) is 49.4 Å². The second kappa shape index (κ2) is 14.1. The lowest BCUT2D eigenvalue weighted by Gasteiger charge is -2.27. The SMILES string of the molecule is CC.CC.NCCCN[P+](c1ccccc1)(c1ccccc1)c1ccccc1. The molecule has 0 amide bonds. The summed E-state index contributed by atoms with van der Waals surface area (Å²) in [6.07, 6.45) is 0.967. The molecule has 3 rings (SSSR count). The van der Waals surface area contributed by atoms with Gasteiger partial charge >= 0.3 is 0 Å². The molecule has 0 fully saturated rings. The van der Waals surface area contributed by atoms with Gasteiger partial charge in [0.2, 0.25) is 0 Å². The van der Waals surface area contributed by atoms with E-state index in [2.05, 4.69) is 96.1 Å². The first-order valence-electron chi connectivity index (χ1n) is 10.4. The van der Waals surface area contributed by atoms with Crippen LogP contribution in [0.4, 0.5) is 0 Å². The Morgan fingerprint density at radius 1 is 0.607 bits per heavy atom. The van der Waals surface area contributed by atoms with Gasteiger partial charge in [0.05, 0.1) is 0 Å². The van der Waals surface area contributed by atoms with E-state index in [0.29, 0.717) is 6.54 Å². The van der Waals surface area contributed by atoms with Crippen molar-refractivity contribution in [2.24, 2.45) is 5.73 Å². The van der Waals surface area contributed by atoms with E-state index in [0.717, 1.165) is 13.0 Å². The van der Waals surface area contributed by atoms with Gasteiger partial charge in [-0.3, -0.25) is 0 Å². The Bertz CT molecular complexity index is 634. The Morgan fingerprint density at radius 2 is 0.929 bits per heavy atom. The molecule has 3 heteroatoms. The molecule has 28 heavy (non-hydrogen) atoms. The quantitative estimate of drug-likeness (QED) is 0.442. The predicted octanol–water partition coefficient (Wildman–Crippen LogP) is 4.89. The topological polar surface area (TPSA) is 38.0 Å². The van der Waals surface area contributed by atoms with Crippen molar-refractivity contribution in [2.45, 2.75) is 34.1 Å². The highest BCUT2D eigenvalue weighted by Crippen LogP contribution is 2.50. The predicted molar refractivity (Wildman–Crippen MR) is 130 cm³/mol. The van der Waals surface area contributed by atoms with Crippen LogP contribution in [-0.2, 0) is 0 Å². The Kier molecular flexibility index (Phi) is 12.1. The molecule has 0 spiro atoms. The van der Waals surface area contributed by atoms with E-state index in [1.54, 1.807) is 0 Å². The largest absolute Gasteiger partial charge is 0.330 e. The second-order valence-electron chi connectivity index (χ2n) is 5.73. The van der Waals surface area contributed by atoms with Crippen molar-refractivity contribution in [3.8, 4) is 0 Å². The van der Waals surface area contributed by atoms with Gasteiger partial charge in [0, 0.05) is 6.54 Å². The molecule has 0 unspecified atom stereocenters. The number of benzene rings is 3. The Morgan fingerprint density at radius 3 is 1.21 bits per heavy atom. The lowest BCUT2D eigenvalue weighted by Crippen LogP contribution is -2.41. The zero-order chi connectivity index (χ0) is 20.7. The van der Waals surface area contributed by atoms with E-state index in [4.69, 9.17) is 5.73 Å². The van der Waals surface area contributed by atoms with Crippen molar-refractivity contribution >= 4 is 23.3 Å². The number of rotatable bonds is 7. The Labute approximate surface area is 172 Å². The minimum absolute atomic E-state index is 0.700. The third kappa shape index (κ3) is 6.01. The van der Waals surface area contributed by atoms with Crippen LogP contribution < -0.4 is 26.7 Å². The number of nitrogens with two attached hydrogens (primary N) is 1. The molecular weight excluding hydrogens is 359 g/mol. The summed E-state index contributed by atoms with van der Waals surface area (Å²) in [5.41, 5.74) is 5.75. The van der Waals surface area contributed by atoms with Gasteiger partial charge in [0.15, 0.2) is 7.41 Å². The molecule has 0 saturated carbocycles. The highest BCUT2D eigenvalue weighted by atomic mass is 31.2. The minimum atomic E-state index is -1.89. The summed E-state index contributed by atoms with van der Waals surface area (Å²) >= 11 is 0. The maximum atomic E-state index is 5.75. The first kappa shape index (κ1) is 24.0. The summed E-state index contributed by atoms with van der Waals surface area (Å²) in [7, 11) is -1.89. The van der Waals surface area contributed by atoms with E-state index < -0.39 is 7.41 Å². The summed E-state index contributed by atoms with van der Waals surface area (Å²) in [6, 6.07) is 32.4. The average Bonchev–Trinajstić information content (AvgIpc) is 2.81. The first-order valence-corrected chi connectivity index (χ1v) is 12.2. The summed E-state index contributed by atoms with van der Waals surface area (Å²) in [6.45, 7) is 9.61. The van der Waals surface area contributed by atoms with Crippen LogP contribution in [0, 0.1) is 0 Å². The molecule has 0 atom stereocenters. The maximum absolute atomic E-state index is 5.75. The zero-order valence-corrected chi connectivity index (χ0v) is 18.7. The fourth-order valence-corrected chi connectivity index (χ4v) is 6.82. The van der Waals surface area contributed by atoms with E-state index in [9.17, 15) is 0 Å². The van der Waals surface area contributed by atoms with E-state index in [1.807, 2.05) is 27.7 Å². The molecule has 0 heterocycles. The number of nitrogens with one attached hydrogen (secondary N) is 1. The van der Waals surface area contributed by atoms with Gasteiger partial charge in [-0.2, -0.15) is 5.09 Å². The van der Waals surface area contributed by atoms with Crippen molar-refractivity contribution < 1.29 is 0 Å². The zero-order valence-electron chi connectivity index (χ0n) is 17.8. The van der Waals surface area contributed by atoms with Crippen LogP contribution in [0.25, 0.3) is 0 Å². The minimum Gasteiger partial charge on any atom is -0.330 e. The van der Waals surface area contributed by atoms with Crippen LogP contribution in [0.5, 0.6) is 0 Å². The molecule has 0 aliphatic heterocycles. The van der Waals surface area contributed by atoms with Gasteiger partial charge in [-0.25, -0.2) is 0 Å².